The van der Waals surface area contributed by atoms with E-state index >= 15 is 0 Å². The zero-order valence-electron chi connectivity index (χ0n) is 10.0. The second kappa shape index (κ2) is 6.27. The molecule has 2 aromatic rings. The maximum Gasteiger partial charge on any atom is 0.129 e. The molecule has 0 saturated heterocycles. The SMILES string of the molecule is Cc1nc(CCNCc2c(F)cccc2Cl)cs1. The Morgan fingerprint density at radius 2 is 2.28 bits per heavy atom. The van der Waals surface area contributed by atoms with Crippen LogP contribution in [0.1, 0.15) is 16.3 Å². The molecule has 1 N–H and O–H groups in total. The first-order chi connectivity index (χ1) is 8.66. The molecule has 0 radical (unpaired) electrons. The largest absolute Gasteiger partial charge is 0.312 e. The molecule has 96 valence electrons. The summed E-state index contributed by atoms with van der Waals surface area (Å²) in [6, 6.07) is 4.73. The highest BCUT2D eigenvalue weighted by Crippen LogP contribution is 2.18. The van der Waals surface area contributed by atoms with Crippen LogP contribution in [-0.2, 0) is 13.0 Å². The second-order valence-electron chi connectivity index (χ2n) is 3.98. The Morgan fingerprint density at radius 3 is 2.94 bits per heavy atom. The van der Waals surface area contributed by atoms with Gasteiger partial charge in [-0.15, -0.1) is 11.3 Å². The number of hydrogen-bond acceptors (Lipinski definition) is 3. The summed E-state index contributed by atoms with van der Waals surface area (Å²) >= 11 is 7.58. The van der Waals surface area contributed by atoms with E-state index in [-0.39, 0.29) is 5.82 Å². The highest BCUT2D eigenvalue weighted by atomic mass is 35.5. The second-order valence-corrected chi connectivity index (χ2v) is 5.45. The summed E-state index contributed by atoms with van der Waals surface area (Å²) in [7, 11) is 0. The number of halogens is 2. The Labute approximate surface area is 115 Å². The van der Waals surface area contributed by atoms with Crippen LogP contribution in [-0.4, -0.2) is 11.5 Å². The number of benzene rings is 1. The topological polar surface area (TPSA) is 24.9 Å². The number of rotatable bonds is 5. The fourth-order valence-electron chi connectivity index (χ4n) is 1.65. The monoisotopic (exact) mass is 284 g/mol. The molecule has 0 aliphatic carbocycles. The van der Waals surface area contributed by atoms with E-state index in [1.807, 2.05) is 12.3 Å². The molecular weight excluding hydrogens is 271 g/mol. The molecule has 1 heterocycles. The number of aryl methyl sites for hydroxylation is 1. The predicted octanol–water partition coefficient (Wildman–Crippen LogP) is 3.58. The molecule has 0 amide bonds. The van der Waals surface area contributed by atoms with Gasteiger partial charge in [0, 0.05) is 35.5 Å². The van der Waals surface area contributed by atoms with E-state index < -0.39 is 0 Å². The van der Waals surface area contributed by atoms with Gasteiger partial charge in [0.15, 0.2) is 0 Å². The minimum atomic E-state index is -0.264. The van der Waals surface area contributed by atoms with Gasteiger partial charge in [-0.3, -0.25) is 0 Å². The van der Waals surface area contributed by atoms with E-state index in [9.17, 15) is 4.39 Å². The van der Waals surface area contributed by atoms with Crippen LogP contribution >= 0.6 is 22.9 Å². The standard InChI is InChI=1S/C13H14ClFN2S/c1-9-17-10(8-18-9)5-6-16-7-11-12(14)3-2-4-13(11)15/h2-4,8,16H,5-7H2,1H3. The van der Waals surface area contributed by atoms with Gasteiger partial charge in [-0.1, -0.05) is 17.7 Å². The third-order valence-electron chi connectivity index (χ3n) is 2.59. The number of thiazole rings is 1. The summed E-state index contributed by atoms with van der Waals surface area (Å²) in [6.45, 7) is 3.18. The van der Waals surface area contributed by atoms with E-state index in [1.54, 1.807) is 23.5 Å². The minimum absolute atomic E-state index is 0.264. The van der Waals surface area contributed by atoms with Crippen LogP contribution in [0.3, 0.4) is 0 Å². The number of nitrogens with zero attached hydrogens (tertiary/aromatic N) is 1. The van der Waals surface area contributed by atoms with Crippen molar-refractivity contribution in [3.8, 4) is 0 Å². The third-order valence-corrected chi connectivity index (χ3v) is 3.76. The van der Waals surface area contributed by atoms with Gasteiger partial charge in [0.05, 0.1) is 10.7 Å². The van der Waals surface area contributed by atoms with Crippen LogP contribution in [0.4, 0.5) is 4.39 Å². The van der Waals surface area contributed by atoms with Crippen molar-refractivity contribution in [3.05, 3.63) is 50.7 Å². The van der Waals surface area contributed by atoms with E-state index in [0.29, 0.717) is 17.1 Å². The summed E-state index contributed by atoms with van der Waals surface area (Å²) < 4.78 is 13.5. The molecule has 2 nitrogen and oxygen atoms in total. The molecule has 1 aromatic carbocycles. The average Bonchev–Trinajstić information content (AvgIpc) is 2.73. The van der Waals surface area contributed by atoms with E-state index in [0.717, 1.165) is 23.7 Å². The first kappa shape index (κ1) is 13.5. The summed E-state index contributed by atoms with van der Waals surface area (Å²) in [5.41, 5.74) is 1.60. The quantitative estimate of drug-likeness (QED) is 0.849. The molecule has 0 unspecified atom stereocenters. The number of hydrogen-bond donors (Lipinski definition) is 1. The van der Waals surface area contributed by atoms with Gasteiger partial charge in [0.25, 0.3) is 0 Å². The van der Waals surface area contributed by atoms with Crippen molar-refractivity contribution in [2.24, 2.45) is 0 Å². The van der Waals surface area contributed by atoms with Crippen LogP contribution in [0.2, 0.25) is 5.02 Å². The fourth-order valence-corrected chi connectivity index (χ4v) is 2.53. The summed E-state index contributed by atoms with van der Waals surface area (Å²) in [5.74, 6) is -0.264. The molecule has 0 spiro atoms. The summed E-state index contributed by atoms with van der Waals surface area (Å²) in [6.07, 6.45) is 0.844. The molecule has 1 aromatic heterocycles. The van der Waals surface area contributed by atoms with Crippen LogP contribution < -0.4 is 5.32 Å². The van der Waals surface area contributed by atoms with Gasteiger partial charge < -0.3 is 5.32 Å². The van der Waals surface area contributed by atoms with Crippen molar-refractivity contribution >= 4 is 22.9 Å². The van der Waals surface area contributed by atoms with Gasteiger partial charge in [-0.2, -0.15) is 0 Å². The first-order valence-corrected chi connectivity index (χ1v) is 6.97. The van der Waals surface area contributed by atoms with Gasteiger partial charge in [0.2, 0.25) is 0 Å². The van der Waals surface area contributed by atoms with Crippen LogP contribution in [0.5, 0.6) is 0 Å². The van der Waals surface area contributed by atoms with Gasteiger partial charge in [-0.25, -0.2) is 9.37 Å². The normalized spacial score (nSPS) is 10.8. The maximum absolute atomic E-state index is 13.5. The lowest BCUT2D eigenvalue weighted by molar-refractivity contribution is 0.588. The van der Waals surface area contributed by atoms with Crippen molar-refractivity contribution in [2.45, 2.75) is 19.9 Å². The Balaban J connectivity index is 1.82. The van der Waals surface area contributed by atoms with E-state index in [4.69, 9.17) is 11.6 Å². The molecule has 2 rings (SSSR count). The number of nitrogens with one attached hydrogen (secondary N) is 1. The molecule has 0 saturated carbocycles. The smallest absolute Gasteiger partial charge is 0.129 e. The lowest BCUT2D eigenvalue weighted by Crippen LogP contribution is -2.17. The van der Waals surface area contributed by atoms with Crippen molar-refractivity contribution < 1.29 is 4.39 Å². The molecule has 0 bridgehead atoms. The Hall–Kier alpha value is -0.970. The molecular formula is C13H14ClFN2S. The zero-order valence-corrected chi connectivity index (χ0v) is 11.6. The van der Waals surface area contributed by atoms with E-state index in [1.165, 1.54) is 6.07 Å². The van der Waals surface area contributed by atoms with E-state index in [2.05, 4.69) is 10.3 Å². The van der Waals surface area contributed by atoms with Crippen molar-refractivity contribution in [1.29, 1.82) is 0 Å². The molecule has 0 aliphatic rings. The lowest BCUT2D eigenvalue weighted by Gasteiger charge is -2.07. The van der Waals surface area contributed by atoms with Crippen molar-refractivity contribution in [1.82, 2.24) is 10.3 Å². The molecule has 0 atom stereocenters. The molecule has 0 aliphatic heterocycles. The fraction of sp³-hybridized carbons (Fsp3) is 0.308. The maximum atomic E-state index is 13.5. The third kappa shape index (κ3) is 3.51. The Bertz CT molecular complexity index is 507. The number of aromatic nitrogens is 1. The first-order valence-electron chi connectivity index (χ1n) is 5.71. The zero-order chi connectivity index (χ0) is 13.0. The lowest BCUT2D eigenvalue weighted by atomic mass is 10.2. The summed E-state index contributed by atoms with van der Waals surface area (Å²) in [4.78, 5) is 4.37. The van der Waals surface area contributed by atoms with Crippen LogP contribution in [0.15, 0.2) is 23.6 Å². The van der Waals surface area contributed by atoms with Gasteiger partial charge >= 0.3 is 0 Å². The van der Waals surface area contributed by atoms with Gasteiger partial charge in [-0.05, 0) is 19.1 Å². The van der Waals surface area contributed by atoms with Crippen molar-refractivity contribution in [2.75, 3.05) is 6.54 Å². The average molecular weight is 285 g/mol. The Kier molecular flexibility index (Phi) is 4.69. The minimum Gasteiger partial charge on any atom is -0.312 e. The van der Waals surface area contributed by atoms with Crippen LogP contribution in [0, 0.1) is 12.7 Å². The molecule has 18 heavy (non-hydrogen) atoms. The van der Waals surface area contributed by atoms with Crippen molar-refractivity contribution in [3.63, 3.8) is 0 Å². The van der Waals surface area contributed by atoms with Crippen LogP contribution in [0.25, 0.3) is 0 Å². The molecule has 5 heteroatoms. The molecule has 0 fully saturated rings. The Morgan fingerprint density at radius 1 is 1.44 bits per heavy atom. The van der Waals surface area contributed by atoms with Gasteiger partial charge in [0.1, 0.15) is 5.82 Å². The predicted molar refractivity (Wildman–Crippen MR) is 73.7 cm³/mol. The highest BCUT2D eigenvalue weighted by Gasteiger charge is 2.06. The summed E-state index contributed by atoms with van der Waals surface area (Å²) in [5, 5.41) is 6.77. The highest BCUT2D eigenvalue weighted by molar-refractivity contribution is 7.09.